The first-order valence-electron chi connectivity index (χ1n) is 8.24. The summed E-state index contributed by atoms with van der Waals surface area (Å²) >= 11 is 1.77. The fraction of sp³-hybridized carbons (Fsp3) is 0.421. The maximum absolute atomic E-state index is 11.6. The van der Waals surface area contributed by atoms with Crippen molar-refractivity contribution in [1.82, 2.24) is 4.90 Å². The zero-order valence-electron chi connectivity index (χ0n) is 13.7. The van der Waals surface area contributed by atoms with E-state index in [9.17, 15) is 9.90 Å². The second kappa shape index (κ2) is 6.85. The third kappa shape index (κ3) is 3.33. The topological polar surface area (TPSA) is 40.5 Å². The molecule has 1 N–H and O–H groups in total. The molecule has 1 aromatic heterocycles. The van der Waals surface area contributed by atoms with Gasteiger partial charge in [-0.1, -0.05) is 31.2 Å². The fourth-order valence-electron chi connectivity index (χ4n) is 3.42. The number of aryl methyl sites for hydroxylation is 2. The lowest BCUT2D eigenvalue weighted by atomic mass is 10.0. The van der Waals surface area contributed by atoms with Gasteiger partial charge in [-0.15, -0.1) is 11.3 Å². The molecule has 0 amide bonds. The number of likely N-dealkylation sites (tertiary alicyclic amines) is 1. The molecule has 0 spiro atoms. The predicted octanol–water partition coefficient (Wildman–Crippen LogP) is 4.26. The molecule has 3 nitrogen and oxygen atoms in total. The Morgan fingerprint density at radius 2 is 2.04 bits per heavy atom. The van der Waals surface area contributed by atoms with Crippen LogP contribution >= 0.6 is 11.3 Å². The van der Waals surface area contributed by atoms with Gasteiger partial charge in [-0.2, -0.15) is 0 Å². The number of hydrogen-bond acceptors (Lipinski definition) is 3. The van der Waals surface area contributed by atoms with Gasteiger partial charge < -0.3 is 5.11 Å². The van der Waals surface area contributed by atoms with E-state index in [0.29, 0.717) is 0 Å². The van der Waals surface area contributed by atoms with E-state index in [1.54, 1.807) is 11.3 Å². The van der Waals surface area contributed by atoms with E-state index in [-0.39, 0.29) is 12.1 Å². The highest BCUT2D eigenvalue weighted by Crippen LogP contribution is 2.38. The Morgan fingerprint density at radius 1 is 1.30 bits per heavy atom. The van der Waals surface area contributed by atoms with Gasteiger partial charge in [0.05, 0.1) is 6.04 Å². The molecule has 2 aromatic rings. The molecule has 3 rings (SSSR count). The average molecular weight is 329 g/mol. The number of rotatable bonds is 5. The summed E-state index contributed by atoms with van der Waals surface area (Å²) in [5.74, 6) is -0.703. The summed E-state index contributed by atoms with van der Waals surface area (Å²) in [6.07, 6.45) is 2.71. The van der Waals surface area contributed by atoms with Crippen LogP contribution in [0.25, 0.3) is 0 Å². The number of aliphatic carboxylic acids is 1. The molecule has 2 unspecified atom stereocenters. The van der Waals surface area contributed by atoms with Crippen molar-refractivity contribution in [2.75, 3.05) is 6.54 Å². The van der Waals surface area contributed by atoms with Crippen LogP contribution in [0, 0.1) is 6.92 Å². The Labute approximate surface area is 141 Å². The molecule has 1 aliphatic rings. The van der Waals surface area contributed by atoms with Crippen molar-refractivity contribution in [2.24, 2.45) is 0 Å². The van der Waals surface area contributed by atoms with Crippen LogP contribution in [-0.2, 0) is 11.2 Å². The van der Waals surface area contributed by atoms with E-state index in [4.69, 9.17) is 0 Å². The zero-order chi connectivity index (χ0) is 16.4. The van der Waals surface area contributed by atoms with E-state index in [1.165, 1.54) is 20.9 Å². The SMILES string of the molecule is CCc1ccc(C(c2ccc(C)s2)N2CCCC2C(=O)O)cc1. The third-order valence-corrected chi connectivity index (χ3v) is 5.70. The van der Waals surface area contributed by atoms with Gasteiger partial charge in [-0.25, -0.2) is 0 Å². The molecular weight excluding hydrogens is 306 g/mol. The molecule has 1 aromatic carbocycles. The minimum absolute atomic E-state index is 0.0446. The van der Waals surface area contributed by atoms with Crippen molar-refractivity contribution in [3.63, 3.8) is 0 Å². The summed E-state index contributed by atoms with van der Waals surface area (Å²) in [6.45, 7) is 5.09. The third-order valence-electron chi connectivity index (χ3n) is 4.65. The quantitative estimate of drug-likeness (QED) is 0.891. The Balaban J connectivity index is 2.01. The Kier molecular flexibility index (Phi) is 4.83. The van der Waals surface area contributed by atoms with Crippen molar-refractivity contribution in [1.29, 1.82) is 0 Å². The van der Waals surface area contributed by atoms with Gasteiger partial charge in [0.25, 0.3) is 0 Å². The monoisotopic (exact) mass is 329 g/mol. The summed E-state index contributed by atoms with van der Waals surface area (Å²) in [5, 5.41) is 9.58. The second-order valence-electron chi connectivity index (χ2n) is 6.18. The maximum atomic E-state index is 11.6. The number of carboxylic acid groups (broad SMARTS) is 1. The minimum Gasteiger partial charge on any atom is -0.480 e. The smallest absolute Gasteiger partial charge is 0.320 e. The maximum Gasteiger partial charge on any atom is 0.320 e. The van der Waals surface area contributed by atoms with Gasteiger partial charge >= 0.3 is 5.97 Å². The number of thiophene rings is 1. The molecule has 1 aliphatic heterocycles. The van der Waals surface area contributed by atoms with Gasteiger partial charge in [-0.05, 0) is 49.4 Å². The van der Waals surface area contributed by atoms with Gasteiger partial charge in [0.2, 0.25) is 0 Å². The molecule has 122 valence electrons. The largest absolute Gasteiger partial charge is 0.480 e. The highest BCUT2D eigenvalue weighted by atomic mass is 32.1. The van der Waals surface area contributed by atoms with Crippen LogP contribution in [0.4, 0.5) is 0 Å². The molecule has 0 saturated carbocycles. The standard InChI is InChI=1S/C19H23NO2S/c1-3-14-7-9-15(10-8-14)18(17-11-6-13(2)23-17)20-12-4-5-16(20)19(21)22/h6-11,16,18H,3-5,12H2,1-2H3,(H,21,22). The summed E-state index contributed by atoms with van der Waals surface area (Å²) in [4.78, 5) is 16.3. The number of carbonyl (C=O) groups is 1. The first-order valence-corrected chi connectivity index (χ1v) is 9.05. The molecule has 2 atom stereocenters. The van der Waals surface area contributed by atoms with Crippen LogP contribution in [-0.4, -0.2) is 28.6 Å². The normalized spacial score (nSPS) is 19.8. The fourth-order valence-corrected chi connectivity index (χ4v) is 4.45. The molecule has 2 heterocycles. The van der Waals surface area contributed by atoms with Crippen molar-refractivity contribution in [2.45, 2.75) is 45.2 Å². The minimum atomic E-state index is -0.703. The second-order valence-corrected chi connectivity index (χ2v) is 7.50. The molecule has 4 heteroatoms. The van der Waals surface area contributed by atoms with E-state index in [2.05, 4.69) is 55.1 Å². The van der Waals surface area contributed by atoms with Crippen LogP contribution in [0.2, 0.25) is 0 Å². The summed E-state index contributed by atoms with van der Waals surface area (Å²) < 4.78 is 0. The molecule has 0 radical (unpaired) electrons. The van der Waals surface area contributed by atoms with Gasteiger partial charge in [0, 0.05) is 16.3 Å². The molecule has 1 fully saturated rings. The van der Waals surface area contributed by atoms with E-state index < -0.39 is 5.97 Å². The lowest BCUT2D eigenvalue weighted by molar-refractivity contribution is -0.142. The highest BCUT2D eigenvalue weighted by molar-refractivity contribution is 7.12. The molecule has 1 saturated heterocycles. The first-order chi connectivity index (χ1) is 11.1. The summed E-state index contributed by atoms with van der Waals surface area (Å²) in [5.41, 5.74) is 2.50. The Morgan fingerprint density at radius 3 is 2.61 bits per heavy atom. The molecule has 0 bridgehead atoms. The van der Waals surface area contributed by atoms with Gasteiger partial charge in [0.15, 0.2) is 0 Å². The lowest BCUT2D eigenvalue weighted by Gasteiger charge is -2.31. The zero-order valence-corrected chi connectivity index (χ0v) is 14.5. The molecular formula is C19H23NO2S. The van der Waals surface area contributed by atoms with E-state index >= 15 is 0 Å². The van der Waals surface area contributed by atoms with Crippen LogP contribution in [0.15, 0.2) is 36.4 Å². The first kappa shape index (κ1) is 16.2. The average Bonchev–Trinajstić information content (AvgIpc) is 3.18. The number of hydrogen-bond donors (Lipinski definition) is 1. The van der Waals surface area contributed by atoms with E-state index in [0.717, 1.165) is 25.8 Å². The number of benzene rings is 1. The lowest BCUT2D eigenvalue weighted by Crippen LogP contribution is -2.39. The summed E-state index contributed by atoms with van der Waals surface area (Å²) in [7, 11) is 0. The van der Waals surface area contributed by atoms with Crippen LogP contribution in [0.3, 0.4) is 0 Å². The van der Waals surface area contributed by atoms with Crippen molar-refractivity contribution < 1.29 is 9.90 Å². The Hall–Kier alpha value is -1.65. The van der Waals surface area contributed by atoms with Crippen molar-refractivity contribution >= 4 is 17.3 Å². The van der Waals surface area contributed by atoms with Crippen molar-refractivity contribution in [3.05, 3.63) is 57.3 Å². The van der Waals surface area contributed by atoms with Gasteiger partial charge in [-0.3, -0.25) is 9.69 Å². The van der Waals surface area contributed by atoms with Crippen LogP contribution in [0.5, 0.6) is 0 Å². The molecule has 23 heavy (non-hydrogen) atoms. The summed E-state index contributed by atoms with van der Waals surface area (Å²) in [6, 6.07) is 12.6. The van der Waals surface area contributed by atoms with Gasteiger partial charge in [0.1, 0.15) is 6.04 Å². The number of nitrogens with zero attached hydrogens (tertiary/aromatic N) is 1. The molecule has 0 aliphatic carbocycles. The Bertz CT molecular complexity index is 677. The van der Waals surface area contributed by atoms with Crippen molar-refractivity contribution in [3.8, 4) is 0 Å². The highest BCUT2D eigenvalue weighted by Gasteiger charge is 2.37. The van der Waals surface area contributed by atoms with E-state index in [1.807, 2.05) is 0 Å². The van der Waals surface area contributed by atoms with Crippen LogP contribution < -0.4 is 0 Å². The van der Waals surface area contributed by atoms with Crippen LogP contribution in [0.1, 0.15) is 46.7 Å². The predicted molar refractivity (Wildman–Crippen MR) is 94.1 cm³/mol. The number of carboxylic acids is 1.